The van der Waals surface area contributed by atoms with Crippen LogP contribution >= 0.6 is 0 Å². The van der Waals surface area contributed by atoms with Crippen molar-refractivity contribution in [2.45, 2.75) is 13.0 Å². The first kappa shape index (κ1) is 20.7. The standard InChI is InChI=1S/C23H22FN7O2/c1-30-10-9-16-19(30)21(26-12-13-5-3-6-14(24)11-13)29-22(27-16)31-17-8-4-7-15(20(25)32)18(17)28-23(31)33-2/h3-8,11H,9-10,12H2,1-2H3,(H2,25,32)(H,26,27,29). The summed E-state index contributed by atoms with van der Waals surface area (Å²) < 4.78 is 20.8. The van der Waals surface area contributed by atoms with Gasteiger partial charge in [0.05, 0.1) is 23.9 Å². The number of nitrogens with two attached hydrogens (primary N) is 1. The molecular weight excluding hydrogens is 425 g/mol. The van der Waals surface area contributed by atoms with Gasteiger partial charge in [0.1, 0.15) is 17.0 Å². The van der Waals surface area contributed by atoms with Crippen molar-refractivity contribution < 1.29 is 13.9 Å². The van der Waals surface area contributed by atoms with Gasteiger partial charge < -0.3 is 20.7 Å². The van der Waals surface area contributed by atoms with E-state index in [1.165, 1.54) is 19.2 Å². The van der Waals surface area contributed by atoms with Crippen molar-refractivity contribution in [2.75, 3.05) is 30.9 Å². The summed E-state index contributed by atoms with van der Waals surface area (Å²) in [5.41, 5.74) is 9.41. The lowest BCUT2D eigenvalue weighted by atomic mass is 10.2. The Morgan fingerprint density at radius 3 is 2.79 bits per heavy atom. The molecule has 33 heavy (non-hydrogen) atoms. The summed E-state index contributed by atoms with van der Waals surface area (Å²) in [6, 6.07) is 11.8. The van der Waals surface area contributed by atoms with Crippen LogP contribution in [0, 0.1) is 5.82 Å². The number of ether oxygens (including phenoxy) is 1. The number of fused-ring (bicyclic) bond motifs is 2. The van der Waals surface area contributed by atoms with Gasteiger partial charge in [0.25, 0.3) is 5.91 Å². The molecule has 5 rings (SSSR count). The van der Waals surface area contributed by atoms with E-state index in [-0.39, 0.29) is 17.4 Å². The van der Waals surface area contributed by atoms with Crippen LogP contribution in [0.3, 0.4) is 0 Å². The van der Waals surface area contributed by atoms with E-state index in [1.54, 1.807) is 28.8 Å². The lowest BCUT2D eigenvalue weighted by molar-refractivity contribution is 0.100. The van der Waals surface area contributed by atoms with E-state index >= 15 is 0 Å². The molecule has 0 saturated carbocycles. The first-order chi connectivity index (χ1) is 16.0. The number of benzene rings is 2. The third-order valence-corrected chi connectivity index (χ3v) is 5.66. The van der Waals surface area contributed by atoms with Crippen LogP contribution in [0.5, 0.6) is 6.01 Å². The maximum atomic E-state index is 13.6. The maximum Gasteiger partial charge on any atom is 0.304 e. The molecule has 1 amide bonds. The fourth-order valence-electron chi connectivity index (χ4n) is 4.11. The summed E-state index contributed by atoms with van der Waals surface area (Å²) in [5, 5.41) is 3.33. The number of anilines is 2. The number of para-hydroxylation sites is 1. The molecule has 0 radical (unpaired) electrons. The summed E-state index contributed by atoms with van der Waals surface area (Å²) in [5.74, 6) is 0.0998. The van der Waals surface area contributed by atoms with Gasteiger partial charge in [-0.3, -0.25) is 4.79 Å². The molecule has 0 atom stereocenters. The molecule has 2 aromatic carbocycles. The molecule has 0 aliphatic carbocycles. The molecule has 0 fully saturated rings. The number of primary amides is 1. The van der Waals surface area contributed by atoms with E-state index in [0.29, 0.717) is 29.3 Å². The van der Waals surface area contributed by atoms with Gasteiger partial charge in [-0.15, -0.1) is 0 Å². The van der Waals surface area contributed by atoms with E-state index in [9.17, 15) is 9.18 Å². The zero-order chi connectivity index (χ0) is 23.1. The normalized spacial score (nSPS) is 12.8. The average molecular weight is 447 g/mol. The Bertz CT molecular complexity index is 1380. The fraction of sp³-hybridized carbons (Fsp3) is 0.217. The first-order valence-corrected chi connectivity index (χ1v) is 10.4. The van der Waals surface area contributed by atoms with Crippen LogP contribution in [0.1, 0.15) is 21.6 Å². The quantitative estimate of drug-likeness (QED) is 0.467. The number of imidazole rings is 1. The number of hydrogen-bond acceptors (Lipinski definition) is 7. The molecular formula is C23H22FN7O2. The molecule has 2 aromatic heterocycles. The lowest BCUT2D eigenvalue weighted by Crippen LogP contribution is -2.16. The third kappa shape index (κ3) is 3.59. The molecule has 0 bridgehead atoms. The molecule has 168 valence electrons. The highest BCUT2D eigenvalue weighted by Crippen LogP contribution is 2.35. The number of nitrogens with zero attached hydrogens (tertiary/aromatic N) is 5. The van der Waals surface area contributed by atoms with Crippen molar-refractivity contribution in [3.8, 4) is 12.0 Å². The SMILES string of the molecule is COc1nc2c(C(N)=O)cccc2n1-c1nc2c(c(NCc3cccc(F)c3)n1)N(C)CC2. The Morgan fingerprint density at radius 2 is 2.03 bits per heavy atom. The summed E-state index contributed by atoms with van der Waals surface area (Å²) in [7, 11) is 3.47. The number of aromatic nitrogens is 4. The van der Waals surface area contributed by atoms with Gasteiger partial charge in [0.2, 0.25) is 5.95 Å². The summed E-state index contributed by atoms with van der Waals surface area (Å²) in [4.78, 5) is 28.0. The van der Waals surface area contributed by atoms with E-state index in [0.717, 1.165) is 29.9 Å². The molecule has 0 unspecified atom stereocenters. The Kier molecular flexibility index (Phi) is 5.04. The smallest absolute Gasteiger partial charge is 0.304 e. The number of halogens is 1. The predicted molar refractivity (Wildman–Crippen MR) is 122 cm³/mol. The van der Waals surface area contributed by atoms with Crippen LogP contribution in [-0.4, -0.2) is 46.1 Å². The minimum Gasteiger partial charge on any atom is -0.468 e. The second-order valence-electron chi connectivity index (χ2n) is 7.79. The van der Waals surface area contributed by atoms with E-state index in [1.807, 2.05) is 13.1 Å². The molecule has 1 aliphatic rings. The summed E-state index contributed by atoms with van der Waals surface area (Å²) >= 11 is 0. The van der Waals surface area contributed by atoms with Gasteiger partial charge in [-0.1, -0.05) is 18.2 Å². The number of methoxy groups -OCH3 is 1. The molecule has 0 spiro atoms. The highest BCUT2D eigenvalue weighted by Gasteiger charge is 2.26. The van der Waals surface area contributed by atoms with Gasteiger partial charge in [-0.05, 0) is 29.8 Å². The zero-order valence-electron chi connectivity index (χ0n) is 18.2. The van der Waals surface area contributed by atoms with Gasteiger partial charge >= 0.3 is 6.01 Å². The number of hydrogen-bond donors (Lipinski definition) is 2. The Balaban J connectivity index is 1.64. The largest absolute Gasteiger partial charge is 0.468 e. The molecule has 9 nitrogen and oxygen atoms in total. The van der Waals surface area contributed by atoms with Crippen molar-refractivity contribution in [3.63, 3.8) is 0 Å². The Hall–Kier alpha value is -4.21. The fourth-order valence-corrected chi connectivity index (χ4v) is 4.11. The van der Waals surface area contributed by atoms with Crippen LogP contribution in [0.15, 0.2) is 42.5 Å². The number of nitrogens with one attached hydrogen (secondary N) is 1. The van der Waals surface area contributed by atoms with Crippen LogP contribution in [0.25, 0.3) is 17.0 Å². The number of likely N-dealkylation sites (N-methyl/N-ethyl adjacent to an activating group) is 1. The summed E-state index contributed by atoms with van der Waals surface area (Å²) in [6.07, 6.45) is 0.747. The second-order valence-corrected chi connectivity index (χ2v) is 7.79. The molecule has 3 N–H and O–H groups in total. The van der Waals surface area contributed by atoms with Crippen molar-refractivity contribution in [1.82, 2.24) is 19.5 Å². The van der Waals surface area contributed by atoms with Crippen molar-refractivity contribution in [1.29, 1.82) is 0 Å². The summed E-state index contributed by atoms with van der Waals surface area (Å²) in [6.45, 7) is 1.19. The van der Waals surface area contributed by atoms with Gasteiger partial charge in [0, 0.05) is 26.6 Å². The van der Waals surface area contributed by atoms with E-state index < -0.39 is 5.91 Å². The maximum absolute atomic E-state index is 13.6. The van der Waals surface area contributed by atoms with Gasteiger partial charge in [-0.2, -0.15) is 9.97 Å². The predicted octanol–water partition coefficient (Wildman–Crippen LogP) is 2.67. The molecule has 1 aliphatic heterocycles. The topological polar surface area (TPSA) is 111 Å². The number of rotatable bonds is 6. The van der Waals surface area contributed by atoms with Crippen molar-refractivity contribution in [2.24, 2.45) is 5.73 Å². The third-order valence-electron chi connectivity index (χ3n) is 5.66. The Morgan fingerprint density at radius 1 is 1.21 bits per heavy atom. The first-order valence-electron chi connectivity index (χ1n) is 10.4. The van der Waals surface area contributed by atoms with Crippen molar-refractivity contribution in [3.05, 3.63) is 65.1 Å². The molecule has 3 heterocycles. The zero-order valence-corrected chi connectivity index (χ0v) is 18.2. The van der Waals surface area contributed by atoms with E-state index in [4.69, 9.17) is 20.4 Å². The monoisotopic (exact) mass is 447 g/mol. The highest BCUT2D eigenvalue weighted by molar-refractivity contribution is 6.04. The molecule has 0 saturated heterocycles. The molecule has 10 heteroatoms. The minimum absolute atomic E-state index is 0.237. The highest BCUT2D eigenvalue weighted by atomic mass is 19.1. The minimum atomic E-state index is -0.582. The lowest BCUT2D eigenvalue weighted by Gasteiger charge is -2.18. The van der Waals surface area contributed by atoms with Crippen LogP contribution < -0.4 is 20.7 Å². The van der Waals surface area contributed by atoms with Crippen LogP contribution in [-0.2, 0) is 13.0 Å². The van der Waals surface area contributed by atoms with Gasteiger partial charge in [-0.25, -0.2) is 13.9 Å². The number of carbonyl (C=O) groups excluding carboxylic acids is 1. The van der Waals surface area contributed by atoms with Gasteiger partial charge in [0.15, 0.2) is 5.82 Å². The van der Waals surface area contributed by atoms with Crippen LogP contribution in [0.2, 0.25) is 0 Å². The average Bonchev–Trinajstić information content (AvgIpc) is 3.37. The van der Waals surface area contributed by atoms with E-state index in [2.05, 4.69) is 15.2 Å². The van der Waals surface area contributed by atoms with Crippen LogP contribution in [0.4, 0.5) is 15.9 Å². The van der Waals surface area contributed by atoms with Crippen molar-refractivity contribution >= 4 is 28.4 Å². The number of amides is 1. The number of carbonyl (C=O) groups is 1. The molecule has 4 aromatic rings. The second kappa shape index (κ2) is 8.05. The Labute approximate surface area is 189 Å².